The van der Waals surface area contributed by atoms with Gasteiger partial charge in [0, 0.05) is 24.9 Å². The van der Waals surface area contributed by atoms with Crippen LogP contribution < -0.4 is 19.5 Å². The maximum absolute atomic E-state index is 14.1. The number of halogens is 2. The van der Waals surface area contributed by atoms with Crippen LogP contribution in [0.3, 0.4) is 0 Å². The predicted octanol–water partition coefficient (Wildman–Crippen LogP) is 9.00. The first kappa shape index (κ1) is 40.0. The molecule has 60 heavy (non-hydrogen) atoms. The van der Waals surface area contributed by atoms with E-state index in [2.05, 4.69) is 11.4 Å². The minimum Gasteiger partial charge on any atom is -0.489 e. The van der Waals surface area contributed by atoms with E-state index in [1.807, 2.05) is 78.9 Å². The molecule has 3 atom stereocenters. The normalized spacial score (nSPS) is 15.8. The Morgan fingerprint density at radius 1 is 0.817 bits per heavy atom. The van der Waals surface area contributed by atoms with E-state index in [0.29, 0.717) is 50.6 Å². The van der Waals surface area contributed by atoms with Gasteiger partial charge < -0.3 is 29.5 Å². The summed E-state index contributed by atoms with van der Waals surface area (Å²) in [6.07, 6.45) is -0.252. The Hall–Kier alpha value is -6.80. The van der Waals surface area contributed by atoms with Crippen molar-refractivity contribution in [2.45, 2.75) is 44.2 Å². The van der Waals surface area contributed by atoms with Gasteiger partial charge in [0.25, 0.3) is 5.91 Å². The molecule has 6 aromatic carbocycles. The third-order valence-corrected chi connectivity index (χ3v) is 11.4. The van der Waals surface area contributed by atoms with Gasteiger partial charge >= 0.3 is 5.97 Å². The molecule has 0 radical (unpaired) electrons. The van der Waals surface area contributed by atoms with Crippen LogP contribution in [0.2, 0.25) is 10.0 Å². The fraction of sp³-hybridized carbons (Fsp3) is 0.167. The largest absolute Gasteiger partial charge is 0.489 e. The number of amides is 2. The molecule has 10 nitrogen and oxygen atoms in total. The number of fused-ring (bicyclic) bond motifs is 2. The standard InChI is InChI=1S/C48H37Cl2N3O7/c49-39-19-10-31(20-40(39)50)27-58-38-17-15-34(16-18-38)45-28-59-43-23-36-22-42(53(26-37(36)24-44(43)60-45)47(55)35-4-2-1-3-5-35)46(54)52-41(48(56)57)21-29-6-11-32(12-7-29)33-13-8-30(25-51)9-14-33/h1-20,23-24,41-42,45H,21-22,26-28H2,(H,52,54)(H,56,57)/t41?,42-,45+/m0/s1. The highest BCUT2D eigenvalue weighted by Crippen LogP contribution is 2.41. The smallest absolute Gasteiger partial charge is 0.326 e. The average Bonchev–Trinajstić information content (AvgIpc) is 3.28. The molecule has 2 N–H and O–H groups in total. The summed E-state index contributed by atoms with van der Waals surface area (Å²) in [4.78, 5) is 42.2. The molecule has 300 valence electrons. The first-order chi connectivity index (χ1) is 29.1. The number of nitrogens with zero attached hydrogens (tertiary/aromatic N) is 2. The van der Waals surface area contributed by atoms with Crippen LogP contribution in [0.25, 0.3) is 11.1 Å². The third-order valence-electron chi connectivity index (χ3n) is 10.6. The molecule has 2 aliphatic heterocycles. The summed E-state index contributed by atoms with van der Waals surface area (Å²) in [5, 5.41) is 23.0. The predicted molar refractivity (Wildman–Crippen MR) is 226 cm³/mol. The van der Waals surface area contributed by atoms with Crippen molar-refractivity contribution in [1.82, 2.24) is 10.2 Å². The molecule has 0 fully saturated rings. The van der Waals surface area contributed by atoms with Gasteiger partial charge in [-0.05, 0) is 99.6 Å². The molecular weight excluding hydrogens is 801 g/mol. The molecule has 0 saturated heterocycles. The molecule has 2 amide bonds. The lowest BCUT2D eigenvalue weighted by Crippen LogP contribution is -2.56. The van der Waals surface area contributed by atoms with Gasteiger partial charge in [-0.15, -0.1) is 0 Å². The van der Waals surface area contributed by atoms with E-state index in [0.717, 1.165) is 33.4 Å². The quantitative estimate of drug-likeness (QED) is 0.132. The van der Waals surface area contributed by atoms with Crippen molar-refractivity contribution in [2.75, 3.05) is 6.61 Å². The van der Waals surface area contributed by atoms with E-state index in [1.54, 1.807) is 54.6 Å². The van der Waals surface area contributed by atoms with Crippen LogP contribution >= 0.6 is 23.2 Å². The van der Waals surface area contributed by atoms with Crippen molar-refractivity contribution < 1.29 is 33.7 Å². The molecule has 12 heteroatoms. The Bertz CT molecular complexity index is 2600. The maximum Gasteiger partial charge on any atom is 0.326 e. The van der Waals surface area contributed by atoms with Gasteiger partial charge in [0.2, 0.25) is 5.91 Å². The van der Waals surface area contributed by atoms with Crippen LogP contribution in [0.5, 0.6) is 17.2 Å². The Kier molecular flexibility index (Phi) is 11.7. The SMILES string of the molecule is N#Cc1ccc(-c2ccc(CC(NC(=O)[C@@H]3Cc4cc5c(cc4CN3C(=O)c3ccccc3)O[C@@H](c3ccc(OCc4ccc(Cl)c(Cl)c4)cc3)CO5)C(=O)O)cc2)cc1. The van der Waals surface area contributed by atoms with Gasteiger partial charge in [0.15, 0.2) is 17.6 Å². The number of carbonyl (C=O) groups is 3. The second kappa shape index (κ2) is 17.6. The van der Waals surface area contributed by atoms with Crippen LogP contribution in [-0.4, -0.2) is 46.5 Å². The fourth-order valence-corrected chi connectivity index (χ4v) is 7.68. The van der Waals surface area contributed by atoms with E-state index >= 15 is 0 Å². The van der Waals surface area contributed by atoms with Crippen molar-refractivity contribution in [1.29, 1.82) is 5.26 Å². The van der Waals surface area contributed by atoms with Crippen LogP contribution in [0, 0.1) is 11.3 Å². The van der Waals surface area contributed by atoms with Gasteiger partial charge in [-0.3, -0.25) is 9.59 Å². The van der Waals surface area contributed by atoms with Crippen LogP contribution in [0.4, 0.5) is 0 Å². The Morgan fingerprint density at radius 3 is 2.18 bits per heavy atom. The topological polar surface area (TPSA) is 138 Å². The van der Waals surface area contributed by atoms with Gasteiger partial charge in [0.1, 0.15) is 31.0 Å². The monoisotopic (exact) mass is 837 g/mol. The number of hydrogen-bond donors (Lipinski definition) is 2. The van der Waals surface area contributed by atoms with Crippen molar-refractivity contribution in [3.63, 3.8) is 0 Å². The zero-order chi connectivity index (χ0) is 41.8. The summed E-state index contributed by atoms with van der Waals surface area (Å²) in [5.74, 6) is -0.442. The number of carboxylic acid groups (broad SMARTS) is 1. The summed E-state index contributed by atoms with van der Waals surface area (Å²) < 4.78 is 18.6. The van der Waals surface area contributed by atoms with E-state index < -0.39 is 30.1 Å². The van der Waals surface area contributed by atoms with Crippen LogP contribution in [0.1, 0.15) is 49.8 Å². The summed E-state index contributed by atoms with van der Waals surface area (Å²) in [6, 6.07) is 39.7. The number of benzene rings is 6. The van der Waals surface area contributed by atoms with Crippen LogP contribution in [-0.2, 0) is 35.6 Å². The minimum atomic E-state index is -1.26. The zero-order valence-electron chi connectivity index (χ0n) is 32.0. The second-order valence-corrected chi connectivity index (χ2v) is 15.4. The second-order valence-electron chi connectivity index (χ2n) is 14.6. The van der Waals surface area contributed by atoms with Gasteiger partial charge in [-0.1, -0.05) is 96.0 Å². The first-order valence-electron chi connectivity index (χ1n) is 19.2. The Balaban J connectivity index is 0.974. The number of aliphatic carboxylic acids is 1. The molecule has 1 unspecified atom stereocenters. The van der Waals surface area contributed by atoms with Crippen molar-refractivity contribution in [2.24, 2.45) is 0 Å². The van der Waals surface area contributed by atoms with Crippen molar-refractivity contribution in [3.05, 3.63) is 182 Å². The number of hydrogen-bond acceptors (Lipinski definition) is 7. The molecule has 8 rings (SSSR count). The van der Waals surface area contributed by atoms with Gasteiger partial charge in [-0.2, -0.15) is 5.26 Å². The summed E-state index contributed by atoms with van der Waals surface area (Å²) >= 11 is 12.2. The summed E-state index contributed by atoms with van der Waals surface area (Å²) in [5.41, 5.74) is 6.83. The molecule has 2 heterocycles. The fourth-order valence-electron chi connectivity index (χ4n) is 7.36. The lowest BCUT2D eigenvalue weighted by molar-refractivity contribution is -0.142. The molecule has 0 aromatic heterocycles. The number of carboxylic acids is 1. The Morgan fingerprint density at radius 2 is 1.50 bits per heavy atom. The molecule has 0 spiro atoms. The van der Waals surface area contributed by atoms with Gasteiger partial charge in [-0.25, -0.2) is 4.79 Å². The van der Waals surface area contributed by atoms with E-state index in [9.17, 15) is 19.5 Å². The number of nitriles is 1. The molecule has 0 aliphatic carbocycles. The number of ether oxygens (including phenoxy) is 3. The molecule has 0 saturated carbocycles. The van der Waals surface area contributed by atoms with Gasteiger partial charge in [0.05, 0.1) is 21.7 Å². The Labute approximate surface area is 356 Å². The molecular formula is C48H37Cl2N3O7. The van der Waals surface area contributed by atoms with E-state index in [4.69, 9.17) is 42.7 Å². The zero-order valence-corrected chi connectivity index (χ0v) is 33.5. The molecule has 2 aliphatic rings. The van der Waals surface area contributed by atoms with Crippen molar-refractivity contribution in [3.8, 4) is 34.4 Å². The first-order valence-corrected chi connectivity index (χ1v) is 20.0. The highest BCUT2D eigenvalue weighted by Gasteiger charge is 2.38. The van der Waals surface area contributed by atoms with E-state index in [1.165, 1.54) is 4.90 Å². The summed E-state index contributed by atoms with van der Waals surface area (Å²) in [6.45, 7) is 0.649. The molecule has 6 aromatic rings. The maximum atomic E-state index is 14.1. The highest BCUT2D eigenvalue weighted by atomic mass is 35.5. The summed E-state index contributed by atoms with van der Waals surface area (Å²) in [7, 11) is 0. The lowest BCUT2D eigenvalue weighted by Gasteiger charge is -2.37. The third kappa shape index (κ3) is 8.93. The number of carbonyl (C=O) groups excluding carboxylic acids is 2. The average molecular weight is 839 g/mol. The molecule has 0 bridgehead atoms. The van der Waals surface area contributed by atoms with Crippen LogP contribution in [0.15, 0.2) is 133 Å². The number of nitrogens with one attached hydrogen (secondary N) is 1. The highest BCUT2D eigenvalue weighted by molar-refractivity contribution is 6.42. The minimum absolute atomic E-state index is 0.0268. The number of rotatable bonds is 11. The lowest BCUT2D eigenvalue weighted by atomic mass is 9.91. The van der Waals surface area contributed by atoms with E-state index in [-0.39, 0.29) is 31.9 Å². The van der Waals surface area contributed by atoms with Crippen molar-refractivity contribution >= 4 is 41.0 Å².